The van der Waals surface area contributed by atoms with Gasteiger partial charge in [0.2, 0.25) is 0 Å². The van der Waals surface area contributed by atoms with Crippen molar-refractivity contribution < 1.29 is 10.0 Å². The summed E-state index contributed by atoms with van der Waals surface area (Å²) < 4.78 is 0. The van der Waals surface area contributed by atoms with E-state index in [-0.39, 0.29) is 0 Å². The fourth-order valence-electron chi connectivity index (χ4n) is 5.14. The largest absolute Gasteiger partial charge is 0.364 e. The predicted molar refractivity (Wildman–Crippen MR) is 139 cm³/mol. The summed E-state index contributed by atoms with van der Waals surface area (Å²) in [7, 11) is 0. The Bertz CT molecular complexity index is 1390. The third-order valence-corrected chi connectivity index (χ3v) is 7.25. The van der Waals surface area contributed by atoms with Crippen molar-refractivity contribution >= 4 is 34.5 Å². The standard InChI is InChI=1S/C28H29ClN4O2/c1-18-10-12-30-26(18)17-33(13-11-21-16-31-25-15-22(29)5-7-23(21)25)27-8-4-20-14-19(2-6-24(20)27)3-9-28(34)32-35/h2-3,5-7,9-10,12,14-16,27,30-31,35H,4,8,11,13,17H2,1H3,(H,32,34)/b9-3+. The minimum Gasteiger partial charge on any atom is -0.364 e. The van der Waals surface area contributed by atoms with Gasteiger partial charge in [-0.15, -0.1) is 0 Å². The monoisotopic (exact) mass is 488 g/mol. The molecule has 4 aromatic rings. The van der Waals surface area contributed by atoms with Crippen molar-refractivity contribution in [2.24, 2.45) is 0 Å². The van der Waals surface area contributed by atoms with E-state index in [1.807, 2.05) is 24.4 Å². The van der Waals surface area contributed by atoms with Crippen LogP contribution in [0.4, 0.5) is 0 Å². The molecule has 5 rings (SSSR count). The summed E-state index contributed by atoms with van der Waals surface area (Å²) in [5.74, 6) is -0.532. The molecule has 0 bridgehead atoms. The number of nitrogens with zero attached hydrogens (tertiary/aromatic N) is 1. The van der Waals surface area contributed by atoms with Crippen molar-refractivity contribution in [1.29, 1.82) is 0 Å². The van der Waals surface area contributed by atoms with Crippen LogP contribution in [0.1, 0.15) is 46.0 Å². The number of H-pyrrole nitrogens is 2. The van der Waals surface area contributed by atoms with Crippen LogP contribution in [0.5, 0.6) is 0 Å². The fraction of sp³-hybridized carbons (Fsp3) is 0.250. The minimum atomic E-state index is -0.532. The third-order valence-electron chi connectivity index (χ3n) is 7.02. The molecule has 0 fully saturated rings. The lowest BCUT2D eigenvalue weighted by atomic mass is 10.0. The van der Waals surface area contributed by atoms with Crippen LogP contribution in [0.3, 0.4) is 0 Å². The lowest BCUT2D eigenvalue weighted by Crippen LogP contribution is -2.29. The number of amides is 1. The van der Waals surface area contributed by atoms with Crippen molar-refractivity contribution in [3.05, 3.63) is 99.5 Å². The van der Waals surface area contributed by atoms with Gasteiger partial charge in [-0.25, -0.2) is 5.48 Å². The van der Waals surface area contributed by atoms with E-state index in [4.69, 9.17) is 16.8 Å². The molecule has 35 heavy (non-hydrogen) atoms. The Morgan fingerprint density at radius 2 is 2.11 bits per heavy atom. The van der Waals surface area contributed by atoms with Gasteiger partial charge in [0.15, 0.2) is 0 Å². The van der Waals surface area contributed by atoms with Gasteiger partial charge >= 0.3 is 0 Å². The molecule has 7 heteroatoms. The quantitative estimate of drug-likeness (QED) is 0.146. The lowest BCUT2D eigenvalue weighted by molar-refractivity contribution is -0.124. The highest BCUT2D eigenvalue weighted by Crippen LogP contribution is 2.37. The molecule has 1 aliphatic rings. The van der Waals surface area contributed by atoms with Gasteiger partial charge in [-0.2, -0.15) is 0 Å². The van der Waals surface area contributed by atoms with E-state index in [2.05, 4.69) is 52.3 Å². The maximum Gasteiger partial charge on any atom is 0.267 e. The average molecular weight is 489 g/mol. The second-order valence-corrected chi connectivity index (χ2v) is 9.62. The molecule has 1 aliphatic carbocycles. The molecule has 1 unspecified atom stereocenters. The number of hydrogen-bond acceptors (Lipinski definition) is 3. The number of benzene rings is 2. The molecule has 4 N–H and O–H groups in total. The topological polar surface area (TPSA) is 84.2 Å². The lowest BCUT2D eigenvalue weighted by Gasteiger charge is -2.30. The summed E-state index contributed by atoms with van der Waals surface area (Å²) in [5, 5.41) is 10.7. The zero-order valence-corrected chi connectivity index (χ0v) is 20.4. The molecule has 0 spiro atoms. The number of aromatic amines is 2. The Morgan fingerprint density at radius 1 is 1.23 bits per heavy atom. The van der Waals surface area contributed by atoms with Gasteiger partial charge in [-0.3, -0.25) is 14.9 Å². The van der Waals surface area contributed by atoms with E-state index in [0.29, 0.717) is 6.04 Å². The zero-order valence-electron chi connectivity index (χ0n) is 19.6. The molecule has 6 nitrogen and oxygen atoms in total. The first kappa shape index (κ1) is 23.4. The normalized spacial score (nSPS) is 15.4. The molecule has 180 valence electrons. The number of rotatable bonds is 8. The maximum atomic E-state index is 11.3. The van der Waals surface area contributed by atoms with Crippen molar-refractivity contribution in [1.82, 2.24) is 20.3 Å². The highest BCUT2D eigenvalue weighted by Gasteiger charge is 2.28. The third kappa shape index (κ3) is 5.05. The van der Waals surface area contributed by atoms with E-state index >= 15 is 0 Å². The predicted octanol–water partition coefficient (Wildman–Crippen LogP) is 5.71. The highest BCUT2D eigenvalue weighted by molar-refractivity contribution is 6.31. The zero-order chi connectivity index (χ0) is 24.4. The first-order chi connectivity index (χ1) is 17.0. The molecule has 1 amide bonds. The molecule has 1 atom stereocenters. The first-order valence-corrected chi connectivity index (χ1v) is 12.3. The molecule has 0 aliphatic heterocycles. The molecular weight excluding hydrogens is 460 g/mol. The summed E-state index contributed by atoms with van der Waals surface area (Å²) in [6, 6.07) is 14.9. The molecule has 2 aromatic heterocycles. The van der Waals surface area contributed by atoms with Gasteiger partial charge in [0.25, 0.3) is 5.91 Å². The Balaban J connectivity index is 1.39. The Labute approximate surface area is 209 Å². The SMILES string of the molecule is Cc1cc[nH]c1CN(CCc1c[nH]c2cc(Cl)ccc12)C1CCc2cc(/C=C/C(=O)NO)ccc21. The van der Waals surface area contributed by atoms with E-state index in [9.17, 15) is 4.79 Å². The van der Waals surface area contributed by atoms with Crippen molar-refractivity contribution in [3.8, 4) is 0 Å². The summed E-state index contributed by atoms with van der Waals surface area (Å²) in [6.07, 6.45) is 10.2. The van der Waals surface area contributed by atoms with Crippen LogP contribution >= 0.6 is 11.6 Å². The number of aryl methyl sites for hydroxylation is 2. The number of carbonyl (C=O) groups is 1. The van der Waals surface area contributed by atoms with Gasteiger partial charge in [0, 0.05) is 59.2 Å². The average Bonchev–Trinajstić information content (AvgIpc) is 3.58. The van der Waals surface area contributed by atoms with Crippen LogP contribution in [-0.2, 0) is 24.2 Å². The molecule has 0 saturated heterocycles. The summed E-state index contributed by atoms with van der Waals surface area (Å²) in [5.41, 5.74) is 10.1. The Morgan fingerprint density at radius 3 is 2.91 bits per heavy atom. The van der Waals surface area contributed by atoms with Gasteiger partial charge in [-0.05, 0) is 78.3 Å². The summed E-state index contributed by atoms with van der Waals surface area (Å²) in [6.45, 7) is 3.93. The summed E-state index contributed by atoms with van der Waals surface area (Å²) >= 11 is 6.17. The van der Waals surface area contributed by atoms with E-state index in [1.54, 1.807) is 11.6 Å². The number of halogens is 1. The van der Waals surface area contributed by atoms with Crippen LogP contribution in [0, 0.1) is 6.92 Å². The van der Waals surface area contributed by atoms with Crippen LogP contribution < -0.4 is 5.48 Å². The fourth-order valence-corrected chi connectivity index (χ4v) is 5.31. The second kappa shape index (κ2) is 10.1. The first-order valence-electron chi connectivity index (χ1n) is 11.9. The smallest absolute Gasteiger partial charge is 0.267 e. The van der Waals surface area contributed by atoms with Crippen molar-refractivity contribution in [2.45, 2.75) is 38.8 Å². The molecule has 0 radical (unpaired) electrons. The molecule has 0 saturated carbocycles. The maximum absolute atomic E-state index is 11.3. The van der Waals surface area contributed by atoms with Gasteiger partial charge in [0.1, 0.15) is 0 Å². The van der Waals surface area contributed by atoms with E-state index in [1.165, 1.54) is 39.4 Å². The van der Waals surface area contributed by atoms with Crippen LogP contribution in [-0.4, -0.2) is 32.5 Å². The van der Waals surface area contributed by atoms with Gasteiger partial charge in [0.05, 0.1) is 0 Å². The van der Waals surface area contributed by atoms with Crippen molar-refractivity contribution in [3.63, 3.8) is 0 Å². The second-order valence-electron chi connectivity index (χ2n) is 9.19. The Kier molecular flexibility index (Phi) is 6.77. The number of fused-ring (bicyclic) bond motifs is 2. The molecule has 2 heterocycles. The number of hydrogen-bond donors (Lipinski definition) is 4. The highest BCUT2D eigenvalue weighted by atomic mass is 35.5. The number of nitrogens with one attached hydrogen (secondary N) is 3. The number of aromatic nitrogens is 2. The van der Waals surface area contributed by atoms with Crippen LogP contribution in [0.15, 0.2) is 60.9 Å². The van der Waals surface area contributed by atoms with E-state index in [0.717, 1.165) is 48.5 Å². The Hall–Kier alpha value is -3.32. The van der Waals surface area contributed by atoms with Crippen LogP contribution in [0.2, 0.25) is 5.02 Å². The van der Waals surface area contributed by atoms with Crippen LogP contribution in [0.25, 0.3) is 17.0 Å². The summed E-state index contributed by atoms with van der Waals surface area (Å²) in [4.78, 5) is 20.7. The minimum absolute atomic E-state index is 0.325. The molecule has 2 aromatic carbocycles. The van der Waals surface area contributed by atoms with Gasteiger partial charge < -0.3 is 9.97 Å². The van der Waals surface area contributed by atoms with Crippen molar-refractivity contribution in [2.75, 3.05) is 6.54 Å². The van der Waals surface area contributed by atoms with Gasteiger partial charge in [-0.1, -0.05) is 35.9 Å². The van der Waals surface area contributed by atoms with E-state index < -0.39 is 5.91 Å². The molecular formula is C28H29ClN4O2. The number of carbonyl (C=O) groups excluding carboxylic acids is 1. The number of hydroxylamine groups is 1.